The van der Waals surface area contributed by atoms with Crippen LogP contribution in [0, 0.1) is 0 Å². The van der Waals surface area contributed by atoms with Crippen molar-refractivity contribution in [2.24, 2.45) is 0 Å². The van der Waals surface area contributed by atoms with Crippen molar-refractivity contribution >= 4 is 6.08 Å². The van der Waals surface area contributed by atoms with E-state index in [-0.39, 0.29) is 0 Å². The van der Waals surface area contributed by atoms with E-state index in [1.807, 2.05) is 31.2 Å². The van der Waals surface area contributed by atoms with Crippen LogP contribution < -0.4 is 4.74 Å². The molecule has 0 aromatic carbocycles. The zero-order valence-electron chi connectivity index (χ0n) is 9.39. The van der Waals surface area contributed by atoms with E-state index < -0.39 is 0 Å². The third kappa shape index (κ3) is 3.58. The summed E-state index contributed by atoms with van der Waals surface area (Å²) >= 11 is 0. The predicted octanol–water partition coefficient (Wildman–Crippen LogP) is 3.75. The van der Waals surface area contributed by atoms with E-state index in [2.05, 4.69) is 18.1 Å². The molecule has 0 fully saturated rings. The first kappa shape index (κ1) is 12.0. The molecular formula is C14H15NO. The third-order valence-corrected chi connectivity index (χ3v) is 1.82. The number of aromatic nitrogens is 1. The molecule has 0 amide bonds. The summed E-state index contributed by atoms with van der Waals surface area (Å²) in [7, 11) is 0. The van der Waals surface area contributed by atoms with Gasteiger partial charge in [-0.3, -0.25) is 4.98 Å². The summed E-state index contributed by atoms with van der Waals surface area (Å²) in [5.74, 6) is 1.42. The highest BCUT2D eigenvalue weighted by molar-refractivity contribution is 5.42. The molecule has 0 N–H and O–H groups in total. The number of allylic oxidation sites excluding steroid dienone is 4. The average molecular weight is 213 g/mol. The molecule has 0 aliphatic heterocycles. The maximum absolute atomic E-state index is 5.60. The van der Waals surface area contributed by atoms with Crippen molar-refractivity contribution in [3.05, 3.63) is 67.2 Å². The van der Waals surface area contributed by atoms with Gasteiger partial charge in [0.05, 0.1) is 11.9 Å². The topological polar surface area (TPSA) is 22.1 Å². The summed E-state index contributed by atoms with van der Waals surface area (Å²) < 4.78 is 5.60. The van der Waals surface area contributed by atoms with Gasteiger partial charge in [0.25, 0.3) is 0 Å². The summed E-state index contributed by atoms with van der Waals surface area (Å²) in [6, 6.07) is 3.70. The van der Waals surface area contributed by atoms with Crippen molar-refractivity contribution in [3.8, 4) is 5.75 Å². The Hall–Kier alpha value is -2.09. The number of nitrogens with zero attached hydrogens (tertiary/aromatic N) is 1. The van der Waals surface area contributed by atoms with Crippen molar-refractivity contribution in [1.82, 2.24) is 4.98 Å². The van der Waals surface area contributed by atoms with Crippen LogP contribution in [-0.2, 0) is 0 Å². The monoisotopic (exact) mass is 213 g/mol. The van der Waals surface area contributed by atoms with E-state index in [1.54, 1.807) is 24.4 Å². The van der Waals surface area contributed by atoms with Crippen LogP contribution in [0.25, 0.3) is 6.08 Å². The highest BCUT2D eigenvalue weighted by Gasteiger charge is 1.96. The molecule has 0 unspecified atom stereocenters. The molecule has 0 saturated carbocycles. The Labute approximate surface area is 96.3 Å². The van der Waals surface area contributed by atoms with Gasteiger partial charge >= 0.3 is 0 Å². The Morgan fingerprint density at radius 3 is 2.69 bits per heavy atom. The SMILES string of the molecule is C=C/C=C(\C=C/C)Oc1ccc(C=C)nc1. The average Bonchev–Trinajstić information content (AvgIpc) is 2.31. The smallest absolute Gasteiger partial charge is 0.145 e. The van der Waals surface area contributed by atoms with Crippen LogP contribution in [-0.4, -0.2) is 4.98 Å². The Bertz CT molecular complexity index is 413. The molecule has 16 heavy (non-hydrogen) atoms. The molecule has 0 bridgehead atoms. The molecule has 2 heteroatoms. The van der Waals surface area contributed by atoms with E-state index in [4.69, 9.17) is 4.74 Å². The number of hydrogen-bond acceptors (Lipinski definition) is 2. The molecule has 0 spiro atoms. The lowest BCUT2D eigenvalue weighted by Gasteiger charge is -2.05. The van der Waals surface area contributed by atoms with Gasteiger partial charge in [0.2, 0.25) is 0 Å². The summed E-state index contributed by atoms with van der Waals surface area (Å²) in [6.45, 7) is 9.20. The fourth-order valence-corrected chi connectivity index (χ4v) is 1.11. The zero-order chi connectivity index (χ0) is 11.8. The fraction of sp³-hybridized carbons (Fsp3) is 0.0714. The lowest BCUT2D eigenvalue weighted by molar-refractivity contribution is 0.442. The van der Waals surface area contributed by atoms with Crippen molar-refractivity contribution in [3.63, 3.8) is 0 Å². The van der Waals surface area contributed by atoms with Crippen molar-refractivity contribution in [1.29, 1.82) is 0 Å². The minimum absolute atomic E-state index is 0.691. The number of ether oxygens (including phenoxy) is 1. The van der Waals surface area contributed by atoms with Crippen LogP contribution in [0.15, 0.2) is 61.6 Å². The largest absolute Gasteiger partial charge is 0.456 e. The first-order valence-corrected chi connectivity index (χ1v) is 5.02. The Morgan fingerprint density at radius 2 is 2.19 bits per heavy atom. The molecule has 1 aromatic rings. The molecule has 0 aliphatic rings. The van der Waals surface area contributed by atoms with Crippen LogP contribution in [0.1, 0.15) is 12.6 Å². The summed E-state index contributed by atoms with van der Waals surface area (Å²) in [5, 5.41) is 0. The molecule has 0 saturated heterocycles. The number of pyridine rings is 1. The highest BCUT2D eigenvalue weighted by atomic mass is 16.5. The lowest BCUT2D eigenvalue weighted by atomic mass is 10.3. The quantitative estimate of drug-likeness (QED) is 0.549. The Kier molecular flexibility index (Phi) is 4.80. The van der Waals surface area contributed by atoms with Gasteiger partial charge in [-0.05, 0) is 37.3 Å². The lowest BCUT2D eigenvalue weighted by Crippen LogP contribution is -1.92. The zero-order valence-corrected chi connectivity index (χ0v) is 9.39. The summed E-state index contributed by atoms with van der Waals surface area (Å²) in [5.41, 5.74) is 0.827. The van der Waals surface area contributed by atoms with E-state index >= 15 is 0 Å². The third-order valence-electron chi connectivity index (χ3n) is 1.82. The molecule has 1 heterocycles. The van der Waals surface area contributed by atoms with Crippen molar-refractivity contribution in [2.75, 3.05) is 0 Å². The molecule has 1 aromatic heterocycles. The second kappa shape index (κ2) is 6.40. The number of rotatable bonds is 5. The van der Waals surface area contributed by atoms with Crippen LogP contribution in [0.4, 0.5) is 0 Å². The minimum Gasteiger partial charge on any atom is -0.456 e. The van der Waals surface area contributed by atoms with Crippen LogP contribution in [0.5, 0.6) is 5.75 Å². The second-order valence-corrected chi connectivity index (χ2v) is 3.03. The standard InChI is InChI=1S/C14H15NO/c1-4-7-13(8-5-2)16-14-10-9-12(6-3)15-11-14/h4-11H,1,3H2,2H3/b8-5-,13-7+. The maximum atomic E-state index is 5.60. The maximum Gasteiger partial charge on any atom is 0.145 e. The summed E-state index contributed by atoms with van der Waals surface area (Å²) in [6.07, 6.45) is 10.6. The van der Waals surface area contributed by atoms with E-state index in [9.17, 15) is 0 Å². The fourth-order valence-electron chi connectivity index (χ4n) is 1.11. The van der Waals surface area contributed by atoms with Gasteiger partial charge in [0.1, 0.15) is 11.5 Å². The molecule has 0 aliphatic carbocycles. The van der Waals surface area contributed by atoms with Gasteiger partial charge < -0.3 is 4.74 Å². The van der Waals surface area contributed by atoms with Gasteiger partial charge in [-0.15, -0.1) is 0 Å². The van der Waals surface area contributed by atoms with Crippen LogP contribution >= 0.6 is 0 Å². The van der Waals surface area contributed by atoms with Crippen molar-refractivity contribution in [2.45, 2.75) is 6.92 Å². The van der Waals surface area contributed by atoms with E-state index in [1.165, 1.54) is 0 Å². The first-order valence-electron chi connectivity index (χ1n) is 5.02. The minimum atomic E-state index is 0.691. The van der Waals surface area contributed by atoms with Crippen LogP contribution in [0.2, 0.25) is 0 Å². The van der Waals surface area contributed by atoms with Gasteiger partial charge in [-0.1, -0.05) is 25.3 Å². The van der Waals surface area contributed by atoms with Gasteiger partial charge in [0.15, 0.2) is 0 Å². The normalized spacial score (nSPS) is 11.4. The van der Waals surface area contributed by atoms with Gasteiger partial charge in [-0.2, -0.15) is 0 Å². The highest BCUT2D eigenvalue weighted by Crippen LogP contribution is 2.14. The van der Waals surface area contributed by atoms with Crippen molar-refractivity contribution < 1.29 is 4.74 Å². The molecule has 1 rings (SSSR count). The molecule has 0 radical (unpaired) electrons. The number of hydrogen-bond donors (Lipinski definition) is 0. The Morgan fingerprint density at radius 1 is 1.38 bits per heavy atom. The predicted molar refractivity (Wildman–Crippen MR) is 68.1 cm³/mol. The Balaban J connectivity index is 2.81. The van der Waals surface area contributed by atoms with Gasteiger partial charge in [-0.25, -0.2) is 0 Å². The molecular weight excluding hydrogens is 198 g/mol. The van der Waals surface area contributed by atoms with E-state index in [0.29, 0.717) is 5.75 Å². The first-order chi connectivity index (χ1) is 7.80. The molecule has 0 atom stereocenters. The van der Waals surface area contributed by atoms with Crippen LogP contribution in [0.3, 0.4) is 0 Å². The molecule has 2 nitrogen and oxygen atoms in total. The molecule has 82 valence electrons. The summed E-state index contributed by atoms with van der Waals surface area (Å²) in [4.78, 5) is 4.15. The van der Waals surface area contributed by atoms with E-state index in [0.717, 1.165) is 11.5 Å². The second-order valence-electron chi connectivity index (χ2n) is 3.03. The van der Waals surface area contributed by atoms with Gasteiger partial charge in [0, 0.05) is 0 Å².